The summed E-state index contributed by atoms with van der Waals surface area (Å²) >= 11 is 0. The van der Waals surface area contributed by atoms with E-state index in [1.807, 2.05) is 30.3 Å². The van der Waals surface area contributed by atoms with Crippen molar-refractivity contribution in [3.8, 4) is 17.2 Å². The van der Waals surface area contributed by atoms with Crippen molar-refractivity contribution in [2.24, 2.45) is 0 Å². The summed E-state index contributed by atoms with van der Waals surface area (Å²) in [6.07, 6.45) is 0.715. The number of carbonyl (C=O) groups excluding carboxylic acids is 2. The molecule has 7 heteroatoms. The van der Waals surface area contributed by atoms with Crippen LogP contribution in [-0.4, -0.2) is 32.6 Å². The van der Waals surface area contributed by atoms with Crippen molar-refractivity contribution in [1.29, 1.82) is 0 Å². The molecule has 3 rings (SSSR count). The Bertz CT molecular complexity index is 1040. The third-order valence-corrected chi connectivity index (χ3v) is 4.56. The first kappa shape index (κ1) is 21.7. The molecule has 31 heavy (non-hydrogen) atoms. The van der Waals surface area contributed by atoms with Gasteiger partial charge in [-0.2, -0.15) is 0 Å². The van der Waals surface area contributed by atoms with E-state index in [4.69, 9.17) is 14.2 Å². The van der Waals surface area contributed by atoms with E-state index in [9.17, 15) is 9.59 Å². The maximum atomic E-state index is 12.6. The van der Waals surface area contributed by atoms with Crippen LogP contribution < -0.4 is 25.1 Å². The monoisotopic (exact) mass is 420 g/mol. The molecule has 3 aromatic carbocycles. The summed E-state index contributed by atoms with van der Waals surface area (Å²) in [5.74, 6) is 0.389. The molecule has 3 aromatic rings. The second-order valence-electron chi connectivity index (χ2n) is 6.56. The molecule has 0 aliphatic rings. The molecule has 0 fully saturated rings. The van der Waals surface area contributed by atoms with E-state index in [1.54, 1.807) is 36.4 Å². The molecule has 0 aliphatic carbocycles. The van der Waals surface area contributed by atoms with Crippen molar-refractivity contribution >= 4 is 11.8 Å². The van der Waals surface area contributed by atoms with Crippen molar-refractivity contribution in [2.45, 2.75) is 6.42 Å². The number of methoxy groups -OCH3 is 2. The Labute approximate surface area is 180 Å². The molecule has 0 heterocycles. The Morgan fingerprint density at radius 2 is 1.42 bits per heavy atom. The number of ether oxygens (including phenoxy) is 3. The smallest absolute Gasteiger partial charge is 0.273 e. The van der Waals surface area contributed by atoms with Crippen LogP contribution in [0.25, 0.3) is 0 Å². The highest BCUT2D eigenvalue weighted by atomic mass is 16.5. The van der Waals surface area contributed by atoms with Gasteiger partial charge in [0.15, 0.2) is 11.5 Å². The fourth-order valence-electron chi connectivity index (χ4n) is 2.93. The Morgan fingerprint density at radius 3 is 2.16 bits per heavy atom. The number of benzene rings is 3. The zero-order valence-corrected chi connectivity index (χ0v) is 17.4. The van der Waals surface area contributed by atoms with E-state index in [0.717, 1.165) is 5.56 Å². The lowest BCUT2D eigenvalue weighted by molar-refractivity contribution is 0.0844. The van der Waals surface area contributed by atoms with E-state index in [0.29, 0.717) is 41.4 Å². The van der Waals surface area contributed by atoms with Gasteiger partial charge in [0, 0.05) is 12.0 Å². The van der Waals surface area contributed by atoms with Gasteiger partial charge in [0.25, 0.3) is 11.8 Å². The second kappa shape index (κ2) is 10.7. The molecule has 0 saturated carbocycles. The topological polar surface area (TPSA) is 85.9 Å². The first-order valence-corrected chi connectivity index (χ1v) is 9.71. The van der Waals surface area contributed by atoms with Gasteiger partial charge < -0.3 is 14.2 Å². The second-order valence-corrected chi connectivity index (χ2v) is 6.56. The van der Waals surface area contributed by atoms with Crippen LogP contribution >= 0.6 is 0 Å². The molecule has 0 aliphatic heterocycles. The minimum absolute atomic E-state index is 0.311. The summed E-state index contributed by atoms with van der Waals surface area (Å²) in [4.78, 5) is 25.0. The largest absolute Gasteiger partial charge is 0.493 e. The Morgan fingerprint density at radius 1 is 0.742 bits per heavy atom. The number of para-hydroxylation sites is 1. The van der Waals surface area contributed by atoms with Crippen molar-refractivity contribution in [1.82, 2.24) is 10.9 Å². The van der Waals surface area contributed by atoms with Gasteiger partial charge in [-0.05, 0) is 35.9 Å². The van der Waals surface area contributed by atoms with Crippen molar-refractivity contribution < 1.29 is 23.8 Å². The standard InChI is InChI=1S/C24H24N2O5/c1-29-21-13-12-18(16-22(21)30-2)23(27)25-26-24(28)19-10-6-7-11-20(19)31-15-14-17-8-4-3-5-9-17/h3-13,16H,14-15H2,1-2H3,(H,25,27)(H,26,28). The van der Waals surface area contributed by atoms with Gasteiger partial charge in [0.1, 0.15) is 5.75 Å². The summed E-state index contributed by atoms with van der Waals surface area (Å²) in [5.41, 5.74) is 6.60. The lowest BCUT2D eigenvalue weighted by Crippen LogP contribution is -2.41. The molecule has 2 N–H and O–H groups in total. The molecular weight excluding hydrogens is 396 g/mol. The van der Waals surface area contributed by atoms with Crippen LogP contribution in [-0.2, 0) is 6.42 Å². The number of hydrogen-bond donors (Lipinski definition) is 2. The summed E-state index contributed by atoms with van der Waals surface area (Å²) in [6.45, 7) is 0.423. The molecule has 2 amide bonds. The summed E-state index contributed by atoms with van der Waals surface area (Å²) in [5, 5.41) is 0. The molecule has 0 saturated heterocycles. The molecule has 160 valence electrons. The van der Waals surface area contributed by atoms with Crippen LogP contribution in [0.3, 0.4) is 0 Å². The Balaban J connectivity index is 1.60. The summed E-state index contributed by atoms with van der Waals surface area (Å²) in [6, 6.07) is 21.5. The molecule has 0 atom stereocenters. The zero-order chi connectivity index (χ0) is 22.1. The number of amides is 2. The maximum absolute atomic E-state index is 12.6. The average Bonchev–Trinajstić information content (AvgIpc) is 2.82. The van der Waals surface area contributed by atoms with Gasteiger partial charge in [0.2, 0.25) is 0 Å². The first-order chi connectivity index (χ1) is 15.1. The van der Waals surface area contributed by atoms with Crippen molar-refractivity contribution in [3.63, 3.8) is 0 Å². The van der Waals surface area contributed by atoms with E-state index in [1.165, 1.54) is 20.3 Å². The first-order valence-electron chi connectivity index (χ1n) is 9.71. The van der Waals surface area contributed by atoms with Crippen LogP contribution in [0.15, 0.2) is 72.8 Å². The van der Waals surface area contributed by atoms with Crippen LogP contribution in [0.5, 0.6) is 17.2 Å². The van der Waals surface area contributed by atoms with Gasteiger partial charge in [-0.15, -0.1) is 0 Å². The molecular formula is C24H24N2O5. The molecule has 7 nitrogen and oxygen atoms in total. The van der Waals surface area contributed by atoms with Gasteiger partial charge in [-0.25, -0.2) is 0 Å². The van der Waals surface area contributed by atoms with Gasteiger partial charge in [0.05, 0.1) is 26.4 Å². The van der Waals surface area contributed by atoms with Crippen LogP contribution in [0, 0.1) is 0 Å². The average molecular weight is 420 g/mol. The van der Waals surface area contributed by atoms with E-state index in [-0.39, 0.29) is 0 Å². The van der Waals surface area contributed by atoms with Crippen molar-refractivity contribution in [3.05, 3.63) is 89.5 Å². The van der Waals surface area contributed by atoms with Gasteiger partial charge >= 0.3 is 0 Å². The molecule has 0 spiro atoms. The molecule has 0 aromatic heterocycles. The highest BCUT2D eigenvalue weighted by Crippen LogP contribution is 2.27. The number of rotatable bonds is 8. The minimum atomic E-state index is -0.489. The zero-order valence-electron chi connectivity index (χ0n) is 17.4. The predicted octanol–water partition coefficient (Wildman–Crippen LogP) is 3.40. The predicted molar refractivity (Wildman–Crippen MR) is 117 cm³/mol. The van der Waals surface area contributed by atoms with Crippen LogP contribution in [0.4, 0.5) is 0 Å². The van der Waals surface area contributed by atoms with Crippen LogP contribution in [0.2, 0.25) is 0 Å². The van der Waals surface area contributed by atoms with Gasteiger partial charge in [-0.3, -0.25) is 20.4 Å². The number of hydrazine groups is 1. The number of nitrogens with one attached hydrogen (secondary N) is 2. The third kappa shape index (κ3) is 5.76. The molecule has 0 bridgehead atoms. The Hall–Kier alpha value is -4.00. The maximum Gasteiger partial charge on any atom is 0.273 e. The highest BCUT2D eigenvalue weighted by molar-refractivity contribution is 6.00. The SMILES string of the molecule is COc1ccc(C(=O)NNC(=O)c2ccccc2OCCc2ccccc2)cc1OC. The minimum Gasteiger partial charge on any atom is -0.493 e. The third-order valence-electron chi connectivity index (χ3n) is 4.56. The highest BCUT2D eigenvalue weighted by Gasteiger charge is 2.15. The van der Waals surface area contributed by atoms with E-state index < -0.39 is 11.8 Å². The number of carbonyl (C=O) groups is 2. The molecule has 0 radical (unpaired) electrons. The Kier molecular flexibility index (Phi) is 7.48. The van der Waals surface area contributed by atoms with Crippen molar-refractivity contribution in [2.75, 3.05) is 20.8 Å². The fraction of sp³-hybridized carbons (Fsp3) is 0.167. The molecule has 0 unspecified atom stereocenters. The quantitative estimate of drug-likeness (QED) is 0.546. The summed E-state index contributed by atoms with van der Waals surface area (Å²) in [7, 11) is 2.99. The fourth-order valence-corrected chi connectivity index (χ4v) is 2.93. The number of hydrogen-bond acceptors (Lipinski definition) is 5. The normalized spacial score (nSPS) is 10.1. The lowest BCUT2D eigenvalue weighted by Gasteiger charge is -2.13. The summed E-state index contributed by atoms with van der Waals surface area (Å²) < 4.78 is 16.2. The lowest BCUT2D eigenvalue weighted by atomic mass is 10.1. The van der Waals surface area contributed by atoms with Crippen LogP contribution in [0.1, 0.15) is 26.3 Å². The van der Waals surface area contributed by atoms with E-state index >= 15 is 0 Å². The van der Waals surface area contributed by atoms with E-state index in [2.05, 4.69) is 10.9 Å². The van der Waals surface area contributed by atoms with Gasteiger partial charge in [-0.1, -0.05) is 42.5 Å².